The molecule has 0 saturated heterocycles. The van der Waals surface area contributed by atoms with Gasteiger partial charge in [-0.05, 0) is 36.4 Å². The molecule has 188 valence electrons. The second-order valence-electron chi connectivity index (χ2n) is 8.56. The molecule has 0 bridgehead atoms. The highest BCUT2D eigenvalue weighted by Crippen LogP contribution is 2.34. The van der Waals surface area contributed by atoms with Crippen LogP contribution in [-0.4, -0.2) is 19.9 Å². The van der Waals surface area contributed by atoms with Gasteiger partial charge in [-0.2, -0.15) is 4.98 Å². The van der Waals surface area contributed by atoms with E-state index < -0.39 is 23.4 Å². The molecular formula is C27H20N6O3P3+3. The normalized spacial score (nSPS) is 12.5. The molecule has 0 aliphatic heterocycles. The zero-order valence-electron chi connectivity index (χ0n) is 20.2. The van der Waals surface area contributed by atoms with Crippen molar-refractivity contribution in [3.63, 3.8) is 0 Å². The minimum atomic E-state index is -2.39. The first-order valence-electron chi connectivity index (χ1n) is 11.8. The van der Waals surface area contributed by atoms with Gasteiger partial charge in [-0.1, -0.05) is 68.3 Å². The molecule has 0 spiro atoms. The number of aromatic amines is 1. The van der Waals surface area contributed by atoms with Gasteiger partial charge in [0.1, 0.15) is 11.0 Å². The number of benzene rings is 3. The van der Waals surface area contributed by atoms with Gasteiger partial charge in [0.15, 0.2) is 33.2 Å². The van der Waals surface area contributed by atoms with Crippen molar-refractivity contribution in [2.45, 2.75) is 0 Å². The third-order valence-corrected chi connectivity index (χ3v) is 11.2. The van der Waals surface area contributed by atoms with E-state index in [0.717, 1.165) is 0 Å². The maximum Gasteiger partial charge on any atom is 0.440 e. The number of anilines is 2. The van der Waals surface area contributed by atoms with E-state index in [-0.39, 0.29) is 44.4 Å². The van der Waals surface area contributed by atoms with Crippen molar-refractivity contribution in [2.75, 3.05) is 11.5 Å². The van der Waals surface area contributed by atoms with E-state index in [4.69, 9.17) is 16.5 Å². The molecule has 0 amide bonds. The molecule has 3 aromatic heterocycles. The highest BCUT2D eigenvalue weighted by atomic mass is 31.1. The van der Waals surface area contributed by atoms with Crippen LogP contribution in [-0.2, 0) is 13.7 Å². The van der Waals surface area contributed by atoms with E-state index in [2.05, 4.69) is 15.0 Å². The second-order valence-corrected chi connectivity index (χ2v) is 13.2. The van der Waals surface area contributed by atoms with Gasteiger partial charge in [-0.15, -0.1) is 0 Å². The third-order valence-electron chi connectivity index (χ3n) is 6.11. The van der Waals surface area contributed by atoms with Crippen LogP contribution in [0.15, 0.2) is 91.0 Å². The number of fused-ring (bicyclic) bond motifs is 3. The lowest BCUT2D eigenvalue weighted by Gasteiger charge is -2.03. The summed E-state index contributed by atoms with van der Waals surface area (Å²) >= 11 is 0. The van der Waals surface area contributed by atoms with Crippen LogP contribution in [0.3, 0.4) is 0 Å². The van der Waals surface area contributed by atoms with Gasteiger partial charge in [0.25, 0.3) is 5.30 Å². The molecule has 6 aromatic rings. The van der Waals surface area contributed by atoms with Gasteiger partial charge in [0.2, 0.25) is 0 Å². The summed E-state index contributed by atoms with van der Waals surface area (Å²) in [6.45, 7) is 0. The maximum absolute atomic E-state index is 14.3. The third kappa shape index (κ3) is 4.37. The summed E-state index contributed by atoms with van der Waals surface area (Å²) in [7, 11) is -7.11. The minimum Gasteiger partial charge on any atom is -0.382 e. The first kappa shape index (κ1) is 24.9. The topological polar surface area (TPSA) is 158 Å². The standard InChI is InChI=1S/C27H20N6O3P3/c28-25-22-20(32-27(29)33-22)19-21(30-25)23(37(34)16-10-4-1-5-11-16)24(38(35)17-12-6-2-7-13-17)26(31-19)39(36)18-14-8-3-9-15-18/h1-15H,(H2,28,30)(H3,29,32,33)/q+3. The number of nitrogens with one attached hydrogen (secondary N) is 1. The zero-order valence-corrected chi connectivity index (χ0v) is 22.9. The highest BCUT2D eigenvalue weighted by Gasteiger charge is 2.50. The SMILES string of the molecule is Nc1nc2c(N)nc3c([P+](=O)c4ccccc4)c([P+](=O)c4ccccc4)c([P+](=O)c4ccccc4)nc3c2[nH]1. The molecule has 3 heterocycles. The van der Waals surface area contributed by atoms with E-state index in [9.17, 15) is 13.7 Å². The van der Waals surface area contributed by atoms with Crippen molar-refractivity contribution < 1.29 is 13.7 Å². The number of nitrogens with zero attached hydrogens (tertiary/aromatic N) is 3. The number of rotatable bonds is 6. The van der Waals surface area contributed by atoms with Crippen molar-refractivity contribution in [3.8, 4) is 0 Å². The average Bonchev–Trinajstić information content (AvgIpc) is 3.39. The summed E-state index contributed by atoms with van der Waals surface area (Å²) < 4.78 is 42.8. The number of imidazole rings is 1. The first-order valence-corrected chi connectivity index (χ1v) is 15.6. The van der Waals surface area contributed by atoms with Crippen LogP contribution in [0, 0.1) is 0 Å². The number of aromatic nitrogens is 4. The summed E-state index contributed by atoms with van der Waals surface area (Å²) in [4.78, 5) is 16.5. The van der Waals surface area contributed by atoms with Gasteiger partial charge in [0.05, 0.1) is 5.52 Å². The summed E-state index contributed by atoms with van der Waals surface area (Å²) in [5.74, 6) is 0.140. The maximum atomic E-state index is 14.3. The molecule has 3 atom stereocenters. The van der Waals surface area contributed by atoms with Gasteiger partial charge in [0, 0.05) is 0 Å². The molecule has 9 nitrogen and oxygen atoms in total. The van der Waals surface area contributed by atoms with Crippen molar-refractivity contribution in [1.29, 1.82) is 0 Å². The van der Waals surface area contributed by atoms with E-state index in [1.165, 1.54) is 0 Å². The molecule has 0 aliphatic carbocycles. The van der Waals surface area contributed by atoms with Crippen LogP contribution in [0.2, 0.25) is 0 Å². The number of nitrogens with two attached hydrogens (primary N) is 2. The van der Waals surface area contributed by atoms with E-state index in [1.54, 1.807) is 72.8 Å². The van der Waals surface area contributed by atoms with Crippen molar-refractivity contribution in [2.24, 2.45) is 0 Å². The molecule has 12 heteroatoms. The van der Waals surface area contributed by atoms with E-state index in [0.29, 0.717) is 21.4 Å². The zero-order chi connectivity index (χ0) is 27.1. The molecule has 6 rings (SSSR count). The quantitative estimate of drug-likeness (QED) is 0.258. The smallest absolute Gasteiger partial charge is 0.382 e. The Balaban J connectivity index is 1.79. The van der Waals surface area contributed by atoms with Crippen LogP contribution in [0.1, 0.15) is 0 Å². The van der Waals surface area contributed by atoms with Crippen molar-refractivity contribution in [3.05, 3.63) is 91.0 Å². The summed E-state index contributed by atoms with van der Waals surface area (Å²) in [6.07, 6.45) is 0. The molecule has 0 saturated carbocycles. The molecule has 0 aliphatic rings. The fourth-order valence-electron chi connectivity index (χ4n) is 4.34. The molecule has 3 unspecified atom stereocenters. The number of nitrogen functional groups attached to an aromatic ring is 2. The molecule has 0 fully saturated rings. The van der Waals surface area contributed by atoms with Crippen molar-refractivity contribution in [1.82, 2.24) is 19.9 Å². The lowest BCUT2D eigenvalue weighted by atomic mass is 10.2. The van der Waals surface area contributed by atoms with Gasteiger partial charge >= 0.3 is 34.1 Å². The van der Waals surface area contributed by atoms with Gasteiger partial charge < -0.3 is 16.5 Å². The Hall–Kier alpha value is -4.41. The predicted molar refractivity (Wildman–Crippen MR) is 158 cm³/mol. The molecular weight excluding hydrogens is 549 g/mol. The molecule has 0 radical (unpaired) electrons. The number of hydrogen-bond donors (Lipinski definition) is 3. The Morgan fingerprint density at radius 1 is 0.538 bits per heavy atom. The van der Waals surface area contributed by atoms with Crippen molar-refractivity contribution >= 4 is 89.2 Å². The lowest BCUT2D eigenvalue weighted by molar-refractivity contribution is 0.595. The number of H-pyrrole nitrogens is 1. The summed E-state index contributed by atoms with van der Waals surface area (Å²) in [6, 6.07) is 26.3. The Morgan fingerprint density at radius 2 is 1.03 bits per heavy atom. The lowest BCUT2D eigenvalue weighted by Crippen LogP contribution is -2.38. The Morgan fingerprint density at radius 3 is 1.56 bits per heavy atom. The van der Waals surface area contributed by atoms with Crippen LogP contribution < -0.4 is 43.4 Å². The van der Waals surface area contributed by atoms with Gasteiger partial charge in [-0.25, -0.2) is 9.97 Å². The molecule has 39 heavy (non-hydrogen) atoms. The Bertz CT molecular complexity index is 1930. The monoisotopic (exact) mass is 569 g/mol. The van der Waals surface area contributed by atoms with Crippen LogP contribution in [0.4, 0.5) is 11.8 Å². The predicted octanol–water partition coefficient (Wildman–Crippen LogP) is 3.01. The second kappa shape index (κ2) is 10.0. The minimum absolute atomic E-state index is 0.0473. The summed E-state index contributed by atoms with van der Waals surface area (Å²) in [5, 5.41) is 1.74. The average molecular weight is 569 g/mol. The van der Waals surface area contributed by atoms with Gasteiger partial charge in [-0.3, -0.25) is 0 Å². The fraction of sp³-hybridized carbons (Fsp3) is 0. The van der Waals surface area contributed by atoms with Crippen LogP contribution >= 0.6 is 23.4 Å². The molecule has 5 N–H and O–H groups in total. The van der Waals surface area contributed by atoms with Crippen LogP contribution in [0.25, 0.3) is 22.1 Å². The van der Waals surface area contributed by atoms with E-state index >= 15 is 0 Å². The fourth-order valence-corrected chi connectivity index (χ4v) is 9.27. The highest BCUT2D eigenvalue weighted by molar-refractivity contribution is 7.71. The number of pyridine rings is 2. The Labute approximate surface area is 225 Å². The Kier molecular flexibility index (Phi) is 6.41. The van der Waals surface area contributed by atoms with Crippen LogP contribution in [0.5, 0.6) is 0 Å². The summed E-state index contributed by atoms with van der Waals surface area (Å²) in [5.41, 5.74) is 13.3. The molecule has 3 aromatic carbocycles. The largest absolute Gasteiger partial charge is 0.440 e. The number of hydrogen-bond acceptors (Lipinski definition) is 8. The van der Waals surface area contributed by atoms with E-state index in [1.807, 2.05) is 18.2 Å². The first-order chi connectivity index (χ1) is 18.9.